The van der Waals surface area contributed by atoms with E-state index in [0.29, 0.717) is 12.1 Å². The van der Waals surface area contributed by atoms with Gasteiger partial charge in [0, 0.05) is 23.2 Å². The third-order valence-corrected chi connectivity index (χ3v) is 6.05. The lowest BCUT2D eigenvalue weighted by molar-refractivity contribution is 0.150. The molecule has 1 aliphatic heterocycles. The molecule has 0 spiro atoms. The summed E-state index contributed by atoms with van der Waals surface area (Å²) in [5.41, 5.74) is 0.234. The first-order valence-corrected chi connectivity index (χ1v) is 10.5. The molecule has 4 nitrogen and oxygen atoms in total. The molecule has 0 radical (unpaired) electrons. The normalized spacial score (nSPS) is 23.5. The van der Waals surface area contributed by atoms with Crippen molar-refractivity contribution in [3.63, 3.8) is 0 Å². The number of hydrogen-bond acceptors (Lipinski definition) is 3. The third kappa shape index (κ3) is 5.23. The summed E-state index contributed by atoms with van der Waals surface area (Å²) in [6, 6.07) is 4.94. The Morgan fingerprint density at radius 2 is 1.85 bits per heavy atom. The molecule has 1 saturated heterocycles. The minimum absolute atomic E-state index is 0.117. The number of piperidine rings is 1. The zero-order valence-electron chi connectivity index (χ0n) is 16.8. The first kappa shape index (κ1) is 19.7. The number of thiocarbonyl (C=S) groups is 1. The summed E-state index contributed by atoms with van der Waals surface area (Å²) in [6.45, 7) is 9.91. The molecule has 2 aliphatic rings. The van der Waals surface area contributed by atoms with E-state index in [2.05, 4.69) is 49.3 Å². The molecule has 1 aromatic heterocycles. The molecule has 3 rings (SSSR count). The molecule has 1 aromatic rings. The van der Waals surface area contributed by atoms with Crippen molar-refractivity contribution in [2.45, 2.75) is 102 Å². The first-order chi connectivity index (χ1) is 12.2. The SMILES string of the molecule is CC1(C)CC(NC(=S)N(Cc2ccco2)C2CCCCC2)CC(C)(C)N1. The Hall–Kier alpha value is -1.07. The molecule has 5 heteroatoms. The van der Waals surface area contributed by atoms with Gasteiger partial charge in [0.1, 0.15) is 5.76 Å². The van der Waals surface area contributed by atoms with Gasteiger partial charge in [-0.05, 0) is 77.7 Å². The van der Waals surface area contributed by atoms with Crippen molar-refractivity contribution >= 4 is 17.3 Å². The van der Waals surface area contributed by atoms with E-state index in [1.807, 2.05) is 6.07 Å². The maximum absolute atomic E-state index is 5.91. The summed E-state index contributed by atoms with van der Waals surface area (Å²) in [7, 11) is 0. The molecule has 2 fully saturated rings. The van der Waals surface area contributed by atoms with E-state index in [0.717, 1.165) is 30.3 Å². The van der Waals surface area contributed by atoms with Gasteiger partial charge in [-0.1, -0.05) is 19.3 Å². The Morgan fingerprint density at radius 1 is 1.19 bits per heavy atom. The molecule has 26 heavy (non-hydrogen) atoms. The van der Waals surface area contributed by atoms with E-state index in [1.54, 1.807) is 6.26 Å². The van der Waals surface area contributed by atoms with Crippen LogP contribution >= 0.6 is 12.2 Å². The molecule has 0 amide bonds. The quantitative estimate of drug-likeness (QED) is 0.751. The van der Waals surface area contributed by atoms with Gasteiger partial charge in [-0.15, -0.1) is 0 Å². The fraction of sp³-hybridized carbons (Fsp3) is 0.762. The van der Waals surface area contributed by atoms with E-state index in [-0.39, 0.29) is 11.1 Å². The molecule has 1 saturated carbocycles. The zero-order valence-corrected chi connectivity index (χ0v) is 17.6. The van der Waals surface area contributed by atoms with E-state index < -0.39 is 0 Å². The minimum Gasteiger partial charge on any atom is -0.467 e. The van der Waals surface area contributed by atoms with Crippen LogP contribution in [0.1, 0.15) is 78.4 Å². The molecule has 0 atom stereocenters. The first-order valence-electron chi connectivity index (χ1n) is 10.1. The van der Waals surface area contributed by atoms with Crippen molar-refractivity contribution in [3.8, 4) is 0 Å². The van der Waals surface area contributed by atoms with Crippen LogP contribution in [0.15, 0.2) is 22.8 Å². The summed E-state index contributed by atoms with van der Waals surface area (Å²) in [5.74, 6) is 0.991. The van der Waals surface area contributed by atoms with Crippen molar-refractivity contribution in [2.75, 3.05) is 0 Å². The largest absolute Gasteiger partial charge is 0.467 e. The predicted octanol–water partition coefficient (Wildman–Crippen LogP) is 4.60. The highest BCUT2D eigenvalue weighted by atomic mass is 32.1. The van der Waals surface area contributed by atoms with E-state index in [4.69, 9.17) is 16.6 Å². The molecular weight excluding hydrogens is 342 g/mol. The number of furan rings is 1. The van der Waals surface area contributed by atoms with E-state index >= 15 is 0 Å². The molecule has 146 valence electrons. The van der Waals surface area contributed by atoms with Crippen LogP contribution in [0.2, 0.25) is 0 Å². The second-order valence-corrected chi connectivity index (χ2v) is 9.83. The van der Waals surface area contributed by atoms with Crippen LogP contribution < -0.4 is 10.6 Å². The van der Waals surface area contributed by atoms with Crippen LogP contribution in [0.3, 0.4) is 0 Å². The lowest BCUT2D eigenvalue weighted by atomic mass is 9.79. The number of nitrogens with one attached hydrogen (secondary N) is 2. The Balaban J connectivity index is 1.70. The Morgan fingerprint density at radius 3 is 2.42 bits per heavy atom. The minimum atomic E-state index is 0.117. The summed E-state index contributed by atoms with van der Waals surface area (Å²) >= 11 is 5.91. The van der Waals surface area contributed by atoms with Gasteiger partial charge in [0.2, 0.25) is 0 Å². The van der Waals surface area contributed by atoms with Crippen molar-refractivity contribution in [1.29, 1.82) is 0 Å². The second-order valence-electron chi connectivity index (χ2n) is 9.45. The van der Waals surface area contributed by atoms with Crippen LogP contribution in [0.4, 0.5) is 0 Å². The lowest BCUT2D eigenvalue weighted by Crippen LogP contribution is -2.63. The average Bonchev–Trinajstić information content (AvgIpc) is 3.03. The van der Waals surface area contributed by atoms with E-state index in [9.17, 15) is 0 Å². The van der Waals surface area contributed by atoms with Crippen molar-refractivity contribution < 1.29 is 4.42 Å². The fourth-order valence-electron chi connectivity index (χ4n) is 5.01. The third-order valence-electron chi connectivity index (χ3n) is 5.70. The van der Waals surface area contributed by atoms with Crippen LogP contribution in [-0.4, -0.2) is 33.2 Å². The highest BCUT2D eigenvalue weighted by Gasteiger charge is 2.38. The Kier molecular flexibility index (Phi) is 5.97. The fourth-order valence-corrected chi connectivity index (χ4v) is 5.39. The second kappa shape index (κ2) is 7.89. The highest BCUT2D eigenvalue weighted by Crippen LogP contribution is 2.29. The van der Waals surface area contributed by atoms with Gasteiger partial charge >= 0.3 is 0 Å². The van der Waals surface area contributed by atoms with Crippen molar-refractivity contribution in [2.24, 2.45) is 0 Å². The van der Waals surface area contributed by atoms with Crippen LogP contribution in [0.5, 0.6) is 0 Å². The molecule has 0 unspecified atom stereocenters. The van der Waals surface area contributed by atoms with Gasteiger partial charge in [-0.2, -0.15) is 0 Å². The van der Waals surface area contributed by atoms with Crippen molar-refractivity contribution in [1.82, 2.24) is 15.5 Å². The molecular formula is C21H35N3OS. The highest BCUT2D eigenvalue weighted by molar-refractivity contribution is 7.80. The number of rotatable bonds is 4. The lowest BCUT2D eigenvalue weighted by Gasteiger charge is -2.47. The van der Waals surface area contributed by atoms with E-state index in [1.165, 1.54) is 32.1 Å². The van der Waals surface area contributed by atoms with Gasteiger partial charge in [0.15, 0.2) is 5.11 Å². The Bertz CT molecular complexity index is 574. The maximum Gasteiger partial charge on any atom is 0.169 e. The summed E-state index contributed by atoms with van der Waals surface area (Å²) in [4.78, 5) is 2.38. The summed E-state index contributed by atoms with van der Waals surface area (Å²) in [6.07, 6.45) is 10.3. The zero-order chi connectivity index (χ0) is 18.8. The Labute approximate surface area is 164 Å². The number of nitrogens with zero attached hydrogens (tertiary/aromatic N) is 1. The van der Waals surface area contributed by atoms with Gasteiger partial charge in [0.25, 0.3) is 0 Å². The molecule has 2 heterocycles. The van der Waals surface area contributed by atoms with Gasteiger partial charge in [-0.25, -0.2) is 0 Å². The average molecular weight is 378 g/mol. The van der Waals surface area contributed by atoms with Crippen molar-refractivity contribution in [3.05, 3.63) is 24.2 Å². The molecule has 2 N–H and O–H groups in total. The monoisotopic (exact) mass is 377 g/mol. The molecule has 0 aromatic carbocycles. The van der Waals surface area contributed by atoms with Crippen LogP contribution in [-0.2, 0) is 6.54 Å². The van der Waals surface area contributed by atoms with Gasteiger partial charge in [0.05, 0.1) is 12.8 Å². The molecule has 1 aliphatic carbocycles. The standard InChI is InChI=1S/C21H35N3OS/c1-20(2)13-16(14-21(3,4)23-20)22-19(26)24(15-18-11-8-12-25-18)17-9-6-5-7-10-17/h8,11-12,16-17,23H,5-7,9-10,13-15H2,1-4H3,(H,22,26). The van der Waals surface area contributed by atoms with Gasteiger partial charge in [-0.3, -0.25) is 0 Å². The summed E-state index contributed by atoms with van der Waals surface area (Å²) in [5, 5.41) is 8.36. The van der Waals surface area contributed by atoms with Crippen LogP contribution in [0, 0.1) is 0 Å². The maximum atomic E-state index is 5.91. The smallest absolute Gasteiger partial charge is 0.169 e. The predicted molar refractivity (Wildman–Crippen MR) is 111 cm³/mol. The topological polar surface area (TPSA) is 40.4 Å². The summed E-state index contributed by atoms with van der Waals surface area (Å²) < 4.78 is 5.62. The number of hydrogen-bond donors (Lipinski definition) is 2. The van der Waals surface area contributed by atoms with Crippen LogP contribution in [0.25, 0.3) is 0 Å². The molecule has 0 bridgehead atoms. The van der Waals surface area contributed by atoms with Gasteiger partial charge < -0.3 is 20.0 Å².